The topological polar surface area (TPSA) is 126 Å². The van der Waals surface area contributed by atoms with Gasteiger partial charge in [-0.25, -0.2) is 13.8 Å². The number of aromatic nitrogens is 1. The number of benzene rings is 2. The standard InChI is InChI=1S/C25H26F4N4O4S/c1-11(30)21-20(23(34)32-19(22(31)38)15-6-5-14(26)9-16(15)27)33-24(37-21)13-4-7-17(36-25(28)29)18(8-13)35-10-12-2-3-12/h4-9,11-12,19,22,25,38H,2-3,10,30-31H2,1H3,(H,32,34)/t11-,19?,22?/m0/s1. The molecule has 0 saturated heterocycles. The lowest BCUT2D eigenvalue weighted by molar-refractivity contribution is -0.0515. The van der Waals surface area contributed by atoms with Crippen LogP contribution in [0.15, 0.2) is 40.8 Å². The second-order valence-corrected chi connectivity index (χ2v) is 9.52. The molecule has 1 amide bonds. The molecule has 1 aromatic heterocycles. The maximum atomic E-state index is 14.4. The molecule has 8 nitrogen and oxygen atoms in total. The highest BCUT2D eigenvalue weighted by atomic mass is 32.1. The molecule has 3 atom stereocenters. The van der Waals surface area contributed by atoms with Crippen molar-refractivity contribution in [1.82, 2.24) is 10.3 Å². The Bertz CT molecular complexity index is 1300. The van der Waals surface area contributed by atoms with E-state index in [0.717, 1.165) is 25.0 Å². The number of nitrogens with two attached hydrogens (primary N) is 2. The number of halogens is 4. The van der Waals surface area contributed by atoms with Crippen LogP contribution in [0.4, 0.5) is 17.6 Å². The van der Waals surface area contributed by atoms with Gasteiger partial charge in [-0.2, -0.15) is 21.4 Å². The minimum absolute atomic E-state index is 0.0110. The number of alkyl halides is 2. The van der Waals surface area contributed by atoms with Crippen molar-refractivity contribution in [3.8, 4) is 23.0 Å². The van der Waals surface area contributed by atoms with Crippen molar-refractivity contribution >= 4 is 18.5 Å². The van der Waals surface area contributed by atoms with Gasteiger partial charge in [0, 0.05) is 17.2 Å². The summed E-state index contributed by atoms with van der Waals surface area (Å²) in [7, 11) is 0. The van der Waals surface area contributed by atoms with Gasteiger partial charge in [0.25, 0.3) is 5.91 Å². The predicted molar refractivity (Wildman–Crippen MR) is 133 cm³/mol. The van der Waals surface area contributed by atoms with Crippen molar-refractivity contribution < 1.29 is 36.2 Å². The summed E-state index contributed by atoms with van der Waals surface area (Å²) in [5, 5.41) is 1.48. The normalized spacial score (nSPS) is 15.7. The number of nitrogens with zero attached hydrogens (tertiary/aromatic N) is 1. The summed E-state index contributed by atoms with van der Waals surface area (Å²) < 4.78 is 69.5. The zero-order valence-electron chi connectivity index (χ0n) is 20.2. The smallest absolute Gasteiger partial charge is 0.387 e. The second kappa shape index (κ2) is 11.6. The number of nitrogens with one attached hydrogen (secondary N) is 1. The third-order valence-corrected chi connectivity index (χ3v) is 6.08. The Morgan fingerprint density at radius 3 is 2.53 bits per heavy atom. The fraction of sp³-hybridized carbons (Fsp3) is 0.360. The summed E-state index contributed by atoms with van der Waals surface area (Å²) in [5.41, 5.74) is 11.9. The van der Waals surface area contributed by atoms with E-state index in [4.69, 9.17) is 20.6 Å². The van der Waals surface area contributed by atoms with Crippen LogP contribution < -0.4 is 26.3 Å². The Morgan fingerprint density at radius 2 is 1.92 bits per heavy atom. The largest absolute Gasteiger partial charge is 0.489 e. The van der Waals surface area contributed by atoms with Gasteiger partial charge in [-0.05, 0) is 49.9 Å². The van der Waals surface area contributed by atoms with Gasteiger partial charge in [0.1, 0.15) is 11.6 Å². The fourth-order valence-corrected chi connectivity index (χ4v) is 3.91. The highest BCUT2D eigenvalue weighted by Gasteiger charge is 2.29. The molecular formula is C25H26F4N4O4S. The number of carbonyl (C=O) groups is 1. The van der Waals surface area contributed by atoms with Crippen molar-refractivity contribution in [2.75, 3.05) is 6.61 Å². The van der Waals surface area contributed by atoms with E-state index in [0.29, 0.717) is 24.2 Å². The molecule has 204 valence electrons. The van der Waals surface area contributed by atoms with E-state index in [1.807, 2.05) is 0 Å². The zero-order chi connectivity index (χ0) is 27.6. The average molecular weight is 555 g/mol. The van der Waals surface area contributed by atoms with Crippen LogP contribution in [0.1, 0.15) is 53.7 Å². The van der Waals surface area contributed by atoms with Gasteiger partial charge in [-0.1, -0.05) is 6.07 Å². The van der Waals surface area contributed by atoms with Crippen LogP contribution >= 0.6 is 12.6 Å². The summed E-state index contributed by atoms with van der Waals surface area (Å²) in [6.07, 6.45) is 1.97. The van der Waals surface area contributed by atoms with Crippen molar-refractivity contribution in [3.63, 3.8) is 0 Å². The lowest BCUT2D eigenvalue weighted by Gasteiger charge is -2.22. The van der Waals surface area contributed by atoms with Crippen LogP contribution in [-0.2, 0) is 0 Å². The average Bonchev–Trinajstić information content (AvgIpc) is 3.56. The van der Waals surface area contributed by atoms with E-state index in [2.05, 4.69) is 27.7 Å². The van der Waals surface area contributed by atoms with Crippen LogP contribution in [-0.4, -0.2) is 29.5 Å². The fourth-order valence-electron chi connectivity index (χ4n) is 3.68. The first-order chi connectivity index (χ1) is 18.0. The summed E-state index contributed by atoms with van der Waals surface area (Å²) >= 11 is 4.13. The monoisotopic (exact) mass is 554 g/mol. The van der Waals surface area contributed by atoms with E-state index in [-0.39, 0.29) is 34.4 Å². The second-order valence-electron chi connectivity index (χ2n) is 8.92. The van der Waals surface area contributed by atoms with Crippen molar-refractivity contribution in [1.29, 1.82) is 0 Å². The van der Waals surface area contributed by atoms with Crippen LogP contribution in [0.2, 0.25) is 0 Å². The molecule has 0 spiro atoms. The van der Waals surface area contributed by atoms with E-state index < -0.39 is 41.6 Å². The van der Waals surface area contributed by atoms with Gasteiger partial charge in [0.05, 0.1) is 24.1 Å². The quantitative estimate of drug-likeness (QED) is 0.154. The van der Waals surface area contributed by atoms with Crippen molar-refractivity contribution in [3.05, 3.63) is 65.1 Å². The molecule has 0 aliphatic heterocycles. The molecule has 13 heteroatoms. The SMILES string of the molecule is C[C@H](N)c1oc(-c2ccc(OC(F)F)c(OCC3CC3)c2)nc1C(=O)NC(c1ccc(F)cc1F)C(N)S. The molecular weight excluding hydrogens is 528 g/mol. The van der Waals surface area contributed by atoms with Crippen molar-refractivity contribution in [2.24, 2.45) is 17.4 Å². The third kappa shape index (κ3) is 6.58. The highest BCUT2D eigenvalue weighted by Crippen LogP contribution is 2.37. The predicted octanol–water partition coefficient (Wildman–Crippen LogP) is 4.72. The maximum absolute atomic E-state index is 14.4. The van der Waals surface area contributed by atoms with Crippen LogP contribution in [0.25, 0.3) is 11.5 Å². The summed E-state index contributed by atoms with van der Waals surface area (Å²) in [4.78, 5) is 17.5. The molecule has 1 saturated carbocycles. The van der Waals surface area contributed by atoms with Gasteiger partial charge < -0.3 is 30.7 Å². The lowest BCUT2D eigenvalue weighted by Crippen LogP contribution is -2.39. The zero-order valence-corrected chi connectivity index (χ0v) is 21.1. The number of hydrogen-bond acceptors (Lipinski definition) is 8. The number of thiol groups is 1. The Hall–Kier alpha value is -3.29. The molecule has 2 aromatic carbocycles. The van der Waals surface area contributed by atoms with Gasteiger partial charge in [-0.3, -0.25) is 4.79 Å². The minimum Gasteiger partial charge on any atom is -0.489 e. The van der Waals surface area contributed by atoms with Crippen molar-refractivity contribution in [2.45, 2.75) is 43.8 Å². The Morgan fingerprint density at radius 1 is 1.18 bits per heavy atom. The molecule has 1 aliphatic carbocycles. The number of carbonyl (C=O) groups excluding carboxylic acids is 1. The summed E-state index contributed by atoms with van der Waals surface area (Å²) in [6, 6.07) is 5.02. The van der Waals surface area contributed by atoms with Gasteiger partial charge in [-0.15, -0.1) is 0 Å². The number of amides is 1. The molecule has 1 aliphatic rings. The number of oxazole rings is 1. The Balaban J connectivity index is 1.65. The summed E-state index contributed by atoms with van der Waals surface area (Å²) in [6.45, 7) is -1.16. The van der Waals surface area contributed by atoms with Crippen LogP contribution in [0, 0.1) is 17.6 Å². The van der Waals surface area contributed by atoms with Crippen LogP contribution in [0.3, 0.4) is 0 Å². The number of rotatable bonds is 11. The molecule has 5 N–H and O–H groups in total. The molecule has 4 rings (SSSR count). The van der Waals surface area contributed by atoms with E-state index in [1.54, 1.807) is 6.92 Å². The molecule has 0 radical (unpaired) electrons. The van der Waals surface area contributed by atoms with Gasteiger partial charge >= 0.3 is 6.61 Å². The molecule has 3 aromatic rings. The molecule has 1 heterocycles. The minimum atomic E-state index is -3.05. The Kier molecular flexibility index (Phi) is 8.48. The van der Waals surface area contributed by atoms with Gasteiger partial charge in [0.2, 0.25) is 5.89 Å². The molecule has 0 bridgehead atoms. The number of ether oxygens (including phenoxy) is 2. The third-order valence-electron chi connectivity index (χ3n) is 5.79. The van der Waals surface area contributed by atoms with E-state index in [9.17, 15) is 22.4 Å². The first-order valence-electron chi connectivity index (χ1n) is 11.7. The summed E-state index contributed by atoms with van der Waals surface area (Å²) in [5.74, 6) is -2.29. The highest BCUT2D eigenvalue weighted by molar-refractivity contribution is 7.80. The number of hydrogen-bond donors (Lipinski definition) is 4. The Labute approximate surface area is 221 Å². The van der Waals surface area contributed by atoms with E-state index >= 15 is 0 Å². The van der Waals surface area contributed by atoms with Crippen LogP contribution in [0.5, 0.6) is 11.5 Å². The first-order valence-corrected chi connectivity index (χ1v) is 12.2. The van der Waals surface area contributed by atoms with E-state index in [1.165, 1.54) is 18.2 Å². The van der Waals surface area contributed by atoms with Gasteiger partial charge in [0.15, 0.2) is 23.0 Å². The molecule has 1 fully saturated rings. The maximum Gasteiger partial charge on any atom is 0.387 e. The molecule has 38 heavy (non-hydrogen) atoms. The molecule has 2 unspecified atom stereocenters. The lowest BCUT2D eigenvalue weighted by atomic mass is 10.1. The first kappa shape index (κ1) is 27.7.